The van der Waals surface area contributed by atoms with Crippen LogP contribution in [0.1, 0.15) is 24.4 Å². The molecular formula is C16H24BrCl3N2O2. The normalized spacial score (nSPS) is 20.8. The second-order valence-corrected chi connectivity index (χ2v) is 7.33. The SMILES string of the molecule is Cl.Cl.Oc1c(Cl)cc(Br)cc1[C@H](C1CCOCC1)N1CCNCC1. The van der Waals surface area contributed by atoms with Crippen molar-refractivity contribution in [1.82, 2.24) is 10.2 Å². The summed E-state index contributed by atoms with van der Waals surface area (Å²) >= 11 is 9.72. The van der Waals surface area contributed by atoms with Crippen LogP contribution in [0.2, 0.25) is 5.02 Å². The number of rotatable bonds is 3. The number of halogens is 4. The van der Waals surface area contributed by atoms with Crippen LogP contribution in [-0.2, 0) is 4.74 Å². The molecule has 2 fully saturated rings. The topological polar surface area (TPSA) is 44.7 Å². The average molecular weight is 463 g/mol. The first-order valence-electron chi connectivity index (χ1n) is 7.87. The third kappa shape index (κ3) is 5.13. The molecule has 8 heteroatoms. The molecular weight excluding hydrogens is 438 g/mol. The van der Waals surface area contributed by atoms with Gasteiger partial charge in [-0.05, 0) is 30.9 Å². The van der Waals surface area contributed by atoms with E-state index in [1.807, 2.05) is 6.07 Å². The number of hydrogen-bond acceptors (Lipinski definition) is 4. The van der Waals surface area contributed by atoms with Crippen LogP contribution < -0.4 is 5.32 Å². The van der Waals surface area contributed by atoms with Crippen molar-refractivity contribution in [3.63, 3.8) is 0 Å². The van der Waals surface area contributed by atoms with Crippen molar-refractivity contribution in [1.29, 1.82) is 0 Å². The lowest BCUT2D eigenvalue weighted by molar-refractivity contribution is 0.0206. The van der Waals surface area contributed by atoms with E-state index in [0.717, 1.165) is 62.3 Å². The maximum atomic E-state index is 10.5. The molecule has 24 heavy (non-hydrogen) atoms. The van der Waals surface area contributed by atoms with E-state index >= 15 is 0 Å². The van der Waals surface area contributed by atoms with Gasteiger partial charge in [0.15, 0.2) is 0 Å². The Morgan fingerprint density at radius 2 is 1.83 bits per heavy atom. The molecule has 2 aliphatic rings. The fourth-order valence-electron chi connectivity index (χ4n) is 3.55. The Morgan fingerprint density at radius 3 is 2.46 bits per heavy atom. The minimum absolute atomic E-state index is 0. The van der Waals surface area contributed by atoms with Crippen LogP contribution in [0.15, 0.2) is 16.6 Å². The molecule has 2 aliphatic heterocycles. The van der Waals surface area contributed by atoms with E-state index < -0.39 is 0 Å². The second-order valence-electron chi connectivity index (χ2n) is 6.01. The molecule has 4 nitrogen and oxygen atoms in total. The number of benzene rings is 1. The first-order chi connectivity index (χ1) is 10.7. The van der Waals surface area contributed by atoms with Gasteiger partial charge in [0, 0.05) is 55.5 Å². The smallest absolute Gasteiger partial charge is 0.139 e. The van der Waals surface area contributed by atoms with Crippen molar-refractivity contribution >= 4 is 52.3 Å². The van der Waals surface area contributed by atoms with Gasteiger partial charge in [0.05, 0.1) is 5.02 Å². The van der Waals surface area contributed by atoms with Crippen molar-refractivity contribution in [2.24, 2.45) is 5.92 Å². The molecule has 0 bridgehead atoms. The number of phenols is 1. The molecule has 2 N–H and O–H groups in total. The molecule has 2 saturated heterocycles. The number of aromatic hydroxyl groups is 1. The Morgan fingerprint density at radius 1 is 1.21 bits per heavy atom. The summed E-state index contributed by atoms with van der Waals surface area (Å²) in [5, 5.41) is 14.3. The standard InChI is InChI=1S/C16H22BrClN2O2.2ClH/c17-12-9-13(16(21)14(18)10-12)15(11-1-7-22-8-2-11)20-5-3-19-4-6-20;;/h9-11,15,19,21H,1-8H2;2*1H/t15-;;/m0../s1. The molecule has 0 unspecified atom stereocenters. The predicted octanol–water partition coefficient (Wildman–Crippen LogP) is 4.02. The lowest BCUT2D eigenvalue weighted by Gasteiger charge is -2.41. The van der Waals surface area contributed by atoms with Gasteiger partial charge in [-0.3, -0.25) is 4.90 Å². The van der Waals surface area contributed by atoms with Crippen LogP contribution in [0.4, 0.5) is 0 Å². The summed E-state index contributed by atoms with van der Waals surface area (Å²) in [6, 6.07) is 3.96. The van der Waals surface area contributed by atoms with Crippen LogP contribution in [-0.4, -0.2) is 49.4 Å². The molecule has 0 aliphatic carbocycles. The number of phenolic OH excluding ortho intramolecular Hbond substituents is 1. The Balaban J connectivity index is 0.00000144. The second kappa shape index (κ2) is 10.4. The maximum Gasteiger partial charge on any atom is 0.139 e. The van der Waals surface area contributed by atoms with Crippen LogP contribution in [0.3, 0.4) is 0 Å². The zero-order chi connectivity index (χ0) is 15.5. The van der Waals surface area contributed by atoms with E-state index in [0.29, 0.717) is 10.9 Å². The van der Waals surface area contributed by atoms with E-state index in [-0.39, 0.29) is 36.6 Å². The molecule has 0 spiro atoms. The molecule has 1 aromatic carbocycles. The van der Waals surface area contributed by atoms with Crippen molar-refractivity contribution in [3.8, 4) is 5.75 Å². The minimum atomic E-state index is 0. The van der Waals surface area contributed by atoms with Gasteiger partial charge in [-0.15, -0.1) is 24.8 Å². The Labute approximate surface area is 169 Å². The summed E-state index contributed by atoms with van der Waals surface area (Å²) in [4.78, 5) is 2.48. The van der Waals surface area contributed by atoms with Crippen molar-refractivity contribution in [2.45, 2.75) is 18.9 Å². The average Bonchev–Trinajstić information content (AvgIpc) is 2.54. The zero-order valence-corrected chi connectivity index (χ0v) is 17.3. The molecule has 1 aromatic rings. The third-order valence-corrected chi connectivity index (χ3v) is 5.38. The van der Waals surface area contributed by atoms with Gasteiger partial charge < -0.3 is 15.2 Å². The highest BCUT2D eigenvalue weighted by Gasteiger charge is 2.33. The fraction of sp³-hybridized carbons (Fsp3) is 0.625. The number of nitrogens with one attached hydrogen (secondary N) is 1. The van der Waals surface area contributed by atoms with Crippen molar-refractivity contribution in [2.75, 3.05) is 39.4 Å². The lowest BCUT2D eigenvalue weighted by atomic mass is 9.85. The predicted molar refractivity (Wildman–Crippen MR) is 106 cm³/mol. The summed E-state index contributed by atoms with van der Waals surface area (Å²) in [7, 11) is 0. The van der Waals surface area contributed by atoms with Crippen LogP contribution in [0.25, 0.3) is 0 Å². The highest BCUT2D eigenvalue weighted by molar-refractivity contribution is 9.10. The van der Waals surface area contributed by atoms with Gasteiger partial charge in [0.1, 0.15) is 5.75 Å². The van der Waals surface area contributed by atoms with Crippen LogP contribution in [0.5, 0.6) is 5.75 Å². The molecule has 3 rings (SSSR count). The minimum Gasteiger partial charge on any atom is -0.506 e. The molecule has 0 amide bonds. The summed E-state index contributed by atoms with van der Waals surface area (Å²) in [6.45, 7) is 5.56. The van der Waals surface area contributed by atoms with Gasteiger partial charge in [-0.2, -0.15) is 0 Å². The van der Waals surface area contributed by atoms with E-state index in [4.69, 9.17) is 16.3 Å². The van der Waals surface area contributed by atoms with Gasteiger partial charge in [-0.25, -0.2) is 0 Å². The first kappa shape index (κ1) is 22.3. The van der Waals surface area contributed by atoms with E-state index in [1.54, 1.807) is 6.07 Å². The summed E-state index contributed by atoms with van der Waals surface area (Å²) in [5.74, 6) is 0.711. The van der Waals surface area contributed by atoms with Gasteiger partial charge in [0.25, 0.3) is 0 Å². The van der Waals surface area contributed by atoms with Gasteiger partial charge in [-0.1, -0.05) is 27.5 Å². The van der Waals surface area contributed by atoms with Crippen LogP contribution in [0, 0.1) is 5.92 Å². The molecule has 138 valence electrons. The summed E-state index contributed by atoms with van der Waals surface area (Å²) in [6.07, 6.45) is 2.05. The maximum absolute atomic E-state index is 10.5. The van der Waals surface area contributed by atoms with E-state index in [2.05, 4.69) is 26.1 Å². The monoisotopic (exact) mass is 460 g/mol. The zero-order valence-electron chi connectivity index (χ0n) is 13.3. The Bertz CT molecular complexity index is 506. The highest BCUT2D eigenvalue weighted by Crippen LogP contribution is 2.43. The number of ether oxygens (including phenoxy) is 1. The first-order valence-corrected chi connectivity index (χ1v) is 9.04. The Kier molecular flexibility index (Phi) is 9.67. The molecule has 2 heterocycles. The van der Waals surface area contributed by atoms with Crippen molar-refractivity contribution in [3.05, 3.63) is 27.2 Å². The van der Waals surface area contributed by atoms with Crippen LogP contribution >= 0.6 is 52.3 Å². The largest absolute Gasteiger partial charge is 0.506 e. The fourth-order valence-corrected chi connectivity index (χ4v) is 4.39. The summed E-state index contributed by atoms with van der Waals surface area (Å²) in [5.41, 5.74) is 0.938. The molecule has 1 atom stereocenters. The molecule has 0 radical (unpaired) electrons. The quantitative estimate of drug-likeness (QED) is 0.712. The van der Waals surface area contributed by atoms with E-state index in [1.165, 1.54) is 0 Å². The summed E-state index contributed by atoms with van der Waals surface area (Å²) < 4.78 is 6.44. The van der Waals surface area contributed by atoms with E-state index in [9.17, 15) is 5.11 Å². The third-order valence-electron chi connectivity index (χ3n) is 4.63. The number of hydrogen-bond donors (Lipinski definition) is 2. The molecule has 0 aromatic heterocycles. The van der Waals surface area contributed by atoms with Crippen molar-refractivity contribution < 1.29 is 9.84 Å². The number of piperazine rings is 1. The Hall–Kier alpha value is 0.250. The lowest BCUT2D eigenvalue weighted by Crippen LogP contribution is -2.47. The number of nitrogens with zero attached hydrogens (tertiary/aromatic N) is 1. The molecule has 0 saturated carbocycles. The van der Waals surface area contributed by atoms with Gasteiger partial charge in [0.2, 0.25) is 0 Å². The highest BCUT2D eigenvalue weighted by atomic mass is 79.9. The van der Waals surface area contributed by atoms with Gasteiger partial charge >= 0.3 is 0 Å².